The van der Waals surface area contributed by atoms with E-state index < -0.39 is 17.8 Å². The lowest BCUT2D eigenvalue weighted by Gasteiger charge is -2.27. The highest BCUT2D eigenvalue weighted by Gasteiger charge is 2.35. The van der Waals surface area contributed by atoms with Crippen LogP contribution in [0.5, 0.6) is 0 Å². The molecule has 8 nitrogen and oxygen atoms in total. The first-order chi connectivity index (χ1) is 15.8. The van der Waals surface area contributed by atoms with E-state index in [2.05, 4.69) is 0 Å². The van der Waals surface area contributed by atoms with Crippen LogP contribution in [0.2, 0.25) is 5.02 Å². The van der Waals surface area contributed by atoms with Crippen LogP contribution in [0.3, 0.4) is 0 Å². The molecule has 0 spiro atoms. The summed E-state index contributed by atoms with van der Waals surface area (Å²) in [6.45, 7) is 2.99. The number of carbonyl (C=O) groups is 3. The molecule has 0 fully saturated rings. The topological polar surface area (TPSA) is 110 Å². The number of halogens is 1. The Labute approximate surface area is 195 Å². The van der Waals surface area contributed by atoms with E-state index >= 15 is 0 Å². The Balaban J connectivity index is 1.80. The molecule has 0 unspecified atom stereocenters. The Hall–Kier alpha value is -3.67. The lowest BCUT2D eigenvalue weighted by molar-refractivity contribution is -0.142. The molecule has 170 valence electrons. The average molecular weight is 469 g/mol. The van der Waals surface area contributed by atoms with Crippen molar-refractivity contribution < 1.29 is 28.3 Å². The Morgan fingerprint density at radius 3 is 2.61 bits per heavy atom. The number of rotatable bonds is 8. The predicted octanol–water partition coefficient (Wildman–Crippen LogP) is 3.77. The quantitative estimate of drug-likeness (QED) is 0.251. The van der Waals surface area contributed by atoms with Gasteiger partial charge in [-0.05, 0) is 42.8 Å². The number of furan rings is 1. The number of esters is 1. The highest BCUT2D eigenvalue weighted by atomic mass is 35.5. The zero-order chi connectivity index (χ0) is 24.0. The summed E-state index contributed by atoms with van der Waals surface area (Å²) in [5.74, 6) is -0.777. The summed E-state index contributed by atoms with van der Waals surface area (Å²) in [4.78, 5) is 37.4. The second-order valence-corrected chi connectivity index (χ2v) is 7.47. The number of benzene rings is 1. The maximum Gasteiger partial charge on any atom is 0.302 e. The molecule has 1 aromatic carbocycles. The number of imide groups is 1. The molecular formula is C24H21ClN2O6. The third-order valence-electron chi connectivity index (χ3n) is 4.87. The van der Waals surface area contributed by atoms with Crippen molar-refractivity contribution in [3.05, 3.63) is 63.9 Å². The van der Waals surface area contributed by atoms with Crippen LogP contribution in [-0.2, 0) is 23.9 Å². The monoisotopic (exact) mass is 468 g/mol. The van der Waals surface area contributed by atoms with Gasteiger partial charge in [-0.1, -0.05) is 23.7 Å². The molecular weight excluding hydrogens is 448 g/mol. The molecule has 1 aliphatic rings. The summed E-state index contributed by atoms with van der Waals surface area (Å²) >= 11 is 6.22. The van der Waals surface area contributed by atoms with Gasteiger partial charge in [0.2, 0.25) is 0 Å². The van der Waals surface area contributed by atoms with Gasteiger partial charge in [0.25, 0.3) is 11.8 Å². The van der Waals surface area contributed by atoms with Crippen molar-refractivity contribution in [1.82, 2.24) is 4.90 Å². The first-order valence-corrected chi connectivity index (χ1v) is 10.5. The van der Waals surface area contributed by atoms with E-state index in [1.807, 2.05) is 24.3 Å². The molecule has 0 radical (unpaired) electrons. The molecule has 1 aliphatic heterocycles. The van der Waals surface area contributed by atoms with Crippen molar-refractivity contribution in [2.45, 2.75) is 13.8 Å². The standard InChI is InChI=1S/C24H21ClN2O6/c1-15-19(13-17-7-8-22(33-17)18-5-3-4-6-21(18)25)23(29)27(24(30)20(15)14-26)9-10-31-11-12-32-16(2)28/h3-8,13H,9-12H2,1-2H3/b19-13+. The molecule has 9 heteroatoms. The lowest BCUT2D eigenvalue weighted by Crippen LogP contribution is -2.44. The van der Waals surface area contributed by atoms with Gasteiger partial charge in [0.15, 0.2) is 0 Å². The lowest BCUT2D eigenvalue weighted by atomic mass is 9.94. The maximum absolute atomic E-state index is 13.1. The van der Waals surface area contributed by atoms with E-state index in [0.717, 1.165) is 4.90 Å². The molecule has 0 saturated carbocycles. The first kappa shape index (κ1) is 24.0. The normalized spacial score (nSPS) is 15.2. The smallest absolute Gasteiger partial charge is 0.302 e. The number of amides is 2. The molecule has 0 N–H and O–H groups in total. The second kappa shape index (κ2) is 10.8. The summed E-state index contributed by atoms with van der Waals surface area (Å²) in [7, 11) is 0. The zero-order valence-corrected chi connectivity index (χ0v) is 18.8. The minimum absolute atomic E-state index is 0.0290. The van der Waals surface area contributed by atoms with Crippen molar-refractivity contribution in [1.29, 1.82) is 5.26 Å². The molecule has 2 aromatic rings. The van der Waals surface area contributed by atoms with E-state index in [4.69, 9.17) is 25.5 Å². The molecule has 0 bridgehead atoms. The van der Waals surface area contributed by atoms with Gasteiger partial charge in [-0.3, -0.25) is 19.3 Å². The van der Waals surface area contributed by atoms with Gasteiger partial charge in [-0.25, -0.2) is 0 Å². The molecule has 0 saturated heterocycles. The molecule has 2 heterocycles. The van der Waals surface area contributed by atoms with Gasteiger partial charge in [0.05, 0.1) is 24.8 Å². The number of nitrogens with zero attached hydrogens (tertiary/aromatic N) is 2. The van der Waals surface area contributed by atoms with E-state index in [1.165, 1.54) is 13.0 Å². The van der Waals surface area contributed by atoms with Gasteiger partial charge in [0, 0.05) is 18.1 Å². The van der Waals surface area contributed by atoms with Gasteiger partial charge < -0.3 is 13.9 Å². The Morgan fingerprint density at radius 1 is 1.15 bits per heavy atom. The maximum atomic E-state index is 13.1. The van der Waals surface area contributed by atoms with E-state index in [1.54, 1.807) is 25.1 Å². The van der Waals surface area contributed by atoms with E-state index in [9.17, 15) is 19.6 Å². The summed E-state index contributed by atoms with van der Waals surface area (Å²) in [5, 5.41) is 10.0. The molecule has 0 atom stereocenters. The molecule has 0 aliphatic carbocycles. The largest absolute Gasteiger partial charge is 0.463 e. The second-order valence-electron chi connectivity index (χ2n) is 7.07. The van der Waals surface area contributed by atoms with Crippen molar-refractivity contribution in [2.24, 2.45) is 0 Å². The highest BCUT2D eigenvalue weighted by Crippen LogP contribution is 2.31. The Bertz CT molecular complexity index is 1190. The van der Waals surface area contributed by atoms with Crippen molar-refractivity contribution in [3.63, 3.8) is 0 Å². The van der Waals surface area contributed by atoms with Crippen molar-refractivity contribution in [2.75, 3.05) is 26.4 Å². The number of carbonyl (C=O) groups excluding carboxylic acids is 3. The van der Waals surface area contributed by atoms with Crippen molar-refractivity contribution in [3.8, 4) is 17.4 Å². The molecule has 2 amide bonds. The van der Waals surface area contributed by atoms with Crippen LogP contribution < -0.4 is 0 Å². The van der Waals surface area contributed by atoms with Gasteiger partial charge in [0.1, 0.15) is 29.8 Å². The number of ether oxygens (including phenoxy) is 2. The fourth-order valence-corrected chi connectivity index (χ4v) is 3.44. The molecule has 3 rings (SSSR count). The summed E-state index contributed by atoms with van der Waals surface area (Å²) in [6.07, 6.45) is 1.50. The Morgan fingerprint density at radius 2 is 1.91 bits per heavy atom. The van der Waals surface area contributed by atoms with Gasteiger partial charge >= 0.3 is 5.97 Å². The SMILES string of the molecule is CC(=O)OCCOCCN1C(=O)C(C#N)=C(C)/C(=C\c2ccc(-c3ccccc3Cl)o2)C1=O. The predicted molar refractivity (Wildman–Crippen MR) is 120 cm³/mol. The molecule has 33 heavy (non-hydrogen) atoms. The van der Waals surface area contributed by atoms with Crippen molar-refractivity contribution >= 4 is 35.5 Å². The zero-order valence-electron chi connectivity index (χ0n) is 18.1. The van der Waals surface area contributed by atoms with Crippen LogP contribution in [0.1, 0.15) is 19.6 Å². The van der Waals surface area contributed by atoms with Gasteiger partial charge in [-0.15, -0.1) is 0 Å². The third kappa shape index (κ3) is 5.58. The first-order valence-electron chi connectivity index (χ1n) is 10.1. The fourth-order valence-electron chi connectivity index (χ4n) is 3.21. The number of nitriles is 1. The number of hydrogen-bond acceptors (Lipinski definition) is 7. The van der Waals surface area contributed by atoms with E-state index in [0.29, 0.717) is 22.1 Å². The molecule has 1 aromatic heterocycles. The highest BCUT2D eigenvalue weighted by molar-refractivity contribution is 6.33. The minimum atomic E-state index is -0.683. The summed E-state index contributed by atoms with van der Waals surface area (Å²) < 4.78 is 15.9. The Kier molecular flexibility index (Phi) is 7.83. The van der Waals surface area contributed by atoms with Crippen LogP contribution in [0.4, 0.5) is 0 Å². The van der Waals surface area contributed by atoms with Crippen LogP contribution >= 0.6 is 11.6 Å². The van der Waals surface area contributed by atoms with Crippen LogP contribution in [0.25, 0.3) is 17.4 Å². The summed E-state index contributed by atoms with van der Waals surface area (Å²) in [6, 6.07) is 12.5. The van der Waals surface area contributed by atoms with Crippen LogP contribution in [-0.4, -0.2) is 49.0 Å². The average Bonchev–Trinajstić information content (AvgIpc) is 3.24. The number of hydrogen-bond donors (Lipinski definition) is 0. The fraction of sp³-hybridized carbons (Fsp3) is 0.250. The third-order valence-corrected chi connectivity index (χ3v) is 5.20. The summed E-state index contributed by atoms with van der Waals surface area (Å²) in [5.41, 5.74) is 1.02. The minimum Gasteiger partial charge on any atom is -0.463 e. The van der Waals surface area contributed by atoms with Gasteiger partial charge in [-0.2, -0.15) is 5.26 Å². The van der Waals surface area contributed by atoms with Crippen LogP contribution in [0, 0.1) is 11.3 Å². The van der Waals surface area contributed by atoms with E-state index in [-0.39, 0.29) is 43.1 Å². The van der Waals surface area contributed by atoms with Crippen LogP contribution in [0.15, 0.2) is 57.5 Å².